The molecule has 1 fully saturated rings. The standard InChI is InChI=1S/C30H38N2O6/c1-3-4-5-6-7-8-9-10-11-12-21-31-27(22-13-17-24(18-14-22)32(36)37)26(29(34)30(31)35)28(33)23-15-19-25(38-2)20-16-23/h13-20,27,33H,3-12,21H2,1-2H3/b28-26-. The van der Waals surface area contributed by atoms with Crippen molar-refractivity contribution in [3.8, 4) is 5.75 Å². The SMILES string of the molecule is CCCCCCCCCCCCN1C(=O)C(=O)/C(=C(\O)c2ccc(OC)cc2)C1c1ccc([N+](=O)[O-])cc1. The molecule has 0 radical (unpaired) electrons. The van der Waals surface area contributed by atoms with Crippen molar-refractivity contribution in [1.82, 2.24) is 4.90 Å². The fourth-order valence-electron chi connectivity index (χ4n) is 4.91. The Morgan fingerprint density at radius 2 is 1.45 bits per heavy atom. The van der Waals surface area contributed by atoms with Crippen molar-refractivity contribution in [1.29, 1.82) is 0 Å². The summed E-state index contributed by atoms with van der Waals surface area (Å²) in [5.74, 6) is -1.11. The highest BCUT2D eigenvalue weighted by molar-refractivity contribution is 6.46. The summed E-state index contributed by atoms with van der Waals surface area (Å²) < 4.78 is 5.17. The second kappa shape index (κ2) is 14.3. The predicted octanol–water partition coefficient (Wildman–Crippen LogP) is 6.95. The van der Waals surface area contributed by atoms with E-state index in [0.717, 1.165) is 25.7 Å². The summed E-state index contributed by atoms with van der Waals surface area (Å²) in [6.45, 7) is 2.58. The van der Waals surface area contributed by atoms with Crippen LogP contribution in [0.4, 0.5) is 5.69 Å². The van der Waals surface area contributed by atoms with E-state index in [1.807, 2.05) is 0 Å². The van der Waals surface area contributed by atoms with Crippen LogP contribution >= 0.6 is 0 Å². The summed E-state index contributed by atoms with van der Waals surface area (Å²) in [6, 6.07) is 11.5. The van der Waals surface area contributed by atoms with Crippen LogP contribution in [0.5, 0.6) is 5.75 Å². The Morgan fingerprint density at radius 3 is 1.97 bits per heavy atom. The van der Waals surface area contributed by atoms with Crippen molar-refractivity contribution in [2.24, 2.45) is 0 Å². The molecule has 1 N–H and O–H groups in total. The predicted molar refractivity (Wildman–Crippen MR) is 147 cm³/mol. The number of non-ortho nitro benzene ring substituents is 1. The highest BCUT2D eigenvalue weighted by Crippen LogP contribution is 2.40. The zero-order valence-electron chi connectivity index (χ0n) is 22.4. The Labute approximate surface area is 224 Å². The molecule has 0 aromatic heterocycles. The molecule has 1 saturated heterocycles. The minimum atomic E-state index is -0.823. The van der Waals surface area contributed by atoms with Gasteiger partial charge < -0.3 is 14.7 Å². The van der Waals surface area contributed by atoms with Gasteiger partial charge in [0.15, 0.2) is 0 Å². The number of nitrogens with zero attached hydrogens (tertiary/aromatic N) is 2. The Hall–Kier alpha value is -3.68. The molecule has 1 unspecified atom stereocenters. The van der Waals surface area contributed by atoms with Gasteiger partial charge in [0.1, 0.15) is 11.5 Å². The third-order valence-corrected chi connectivity index (χ3v) is 7.08. The third-order valence-electron chi connectivity index (χ3n) is 7.08. The molecule has 1 heterocycles. The number of aliphatic hydroxyl groups excluding tert-OH is 1. The molecule has 1 aliphatic heterocycles. The van der Waals surface area contributed by atoms with Gasteiger partial charge >= 0.3 is 0 Å². The van der Waals surface area contributed by atoms with E-state index in [-0.39, 0.29) is 17.0 Å². The number of aliphatic hydroxyl groups is 1. The van der Waals surface area contributed by atoms with E-state index in [1.165, 1.54) is 62.7 Å². The number of nitro groups is 1. The first-order valence-electron chi connectivity index (χ1n) is 13.6. The quantitative estimate of drug-likeness (QED) is 0.0677. The fourth-order valence-corrected chi connectivity index (χ4v) is 4.91. The normalized spacial score (nSPS) is 16.7. The Balaban J connectivity index is 1.77. The van der Waals surface area contributed by atoms with E-state index in [1.54, 1.807) is 36.4 Å². The summed E-state index contributed by atoms with van der Waals surface area (Å²) in [4.78, 5) is 38.4. The molecule has 0 spiro atoms. The van der Waals surface area contributed by atoms with Gasteiger partial charge in [0.2, 0.25) is 0 Å². The van der Waals surface area contributed by atoms with Gasteiger partial charge in [-0.2, -0.15) is 0 Å². The van der Waals surface area contributed by atoms with Crippen LogP contribution in [-0.2, 0) is 9.59 Å². The van der Waals surface area contributed by atoms with Crippen molar-refractivity contribution in [2.45, 2.75) is 77.2 Å². The Kier molecular flexibility index (Phi) is 10.9. The Bertz CT molecular complexity index is 1120. The molecule has 38 heavy (non-hydrogen) atoms. The van der Waals surface area contributed by atoms with Crippen molar-refractivity contribution >= 4 is 23.1 Å². The maximum absolute atomic E-state index is 13.2. The maximum atomic E-state index is 13.2. The minimum absolute atomic E-state index is 0.0129. The molecule has 204 valence electrons. The summed E-state index contributed by atoms with van der Waals surface area (Å²) in [6.07, 6.45) is 11.4. The summed E-state index contributed by atoms with van der Waals surface area (Å²) in [5, 5.41) is 22.3. The lowest BCUT2D eigenvalue weighted by Gasteiger charge is -2.25. The second-order valence-electron chi connectivity index (χ2n) is 9.75. The first-order chi connectivity index (χ1) is 18.4. The van der Waals surface area contributed by atoms with E-state index in [4.69, 9.17) is 4.74 Å². The van der Waals surface area contributed by atoms with Crippen LogP contribution in [0, 0.1) is 10.1 Å². The zero-order chi connectivity index (χ0) is 27.5. The lowest BCUT2D eigenvalue weighted by Crippen LogP contribution is -2.30. The van der Waals surface area contributed by atoms with Crippen molar-refractivity contribution in [3.63, 3.8) is 0 Å². The summed E-state index contributed by atoms with van der Waals surface area (Å²) >= 11 is 0. The number of carbonyl (C=O) groups is 2. The number of ketones is 1. The largest absolute Gasteiger partial charge is 0.507 e. The average molecular weight is 523 g/mol. The van der Waals surface area contributed by atoms with Crippen molar-refractivity contribution < 1.29 is 24.4 Å². The number of carbonyl (C=O) groups excluding carboxylic acids is 2. The van der Waals surface area contributed by atoms with Gasteiger partial charge in [-0.05, 0) is 48.4 Å². The molecule has 2 aromatic rings. The molecule has 1 amide bonds. The highest BCUT2D eigenvalue weighted by atomic mass is 16.6. The molecule has 8 heteroatoms. The molecule has 1 aliphatic rings. The number of amides is 1. The number of rotatable bonds is 15. The van der Waals surface area contributed by atoms with Crippen LogP contribution in [0.15, 0.2) is 54.1 Å². The van der Waals surface area contributed by atoms with Crippen molar-refractivity contribution in [3.05, 3.63) is 75.3 Å². The zero-order valence-corrected chi connectivity index (χ0v) is 22.4. The molecule has 0 bridgehead atoms. The number of methoxy groups -OCH3 is 1. The molecule has 8 nitrogen and oxygen atoms in total. The summed E-state index contributed by atoms with van der Waals surface area (Å²) in [7, 11) is 1.53. The smallest absolute Gasteiger partial charge is 0.295 e. The fraction of sp³-hybridized carbons (Fsp3) is 0.467. The molecule has 3 rings (SSSR count). The van der Waals surface area contributed by atoms with Gasteiger partial charge in [0.25, 0.3) is 17.4 Å². The van der Waals surface area contributed by atoms with Crippen LogP contribution in [0.3, 0.4) is 0 Å². The maximum Gasteiger partial charge on any atom is 0.295 e. The van der Waals surface area contributed by atoms with Gasteiger partial charge in [-0.3, -0.25) is 19.7 Å². The lowest BCUT2D eigenvalue weighted by molar-refractivity contribution is -0.384. The number of likely N-dealkylation sites (tertiary alicyclic amines) is 1. The van der Waals surface area contributed by atoms with Gasteiger partial charge in [-0.25, -0.2) is 0 Å². The van der Waals surface area contributed by atoms with Gasteiger partial charge in [0, 0.05) is 24.2 Å². The van der Waals surface area contributed by atoms with Crippen LogP contribution in [-0.4, -0.2) is 40.3 Å². The van der Waals surface area contributed by atoms with Crippen LogP contribution in [0.1, 0.15) is 88.3 Å². The van der Waals surface area contributed by atoms with Crippen LogP contribution < -0.4 is 4.74 Å². The summed E-state index contributed by atoms with van der Waals surface area (Å²) in [5.41, 5.74) is 0.822. The minimum Gasteiger partial charge on any atom is -0.507 e. The highest BCUT2D eigenvalue weighted by Gasteiger charge is 2.45. The number of Topliss-reactive ketones (excluding diaryl/α,β-unsaturated/α-hetero) is 1. The molecule has 2 aromatic carbocycles. The monoisotopic (exact) mass is 522 g/mol. The molecular weight excluding hydrogens is 484 g/mol. The van der Waals surface area contributed by atoms with Gasteiger partial charge in [-0.15, -0.1) is 0 Å². The van der Waals surface area contributed by atoms with E-state index in [2.05, 4.69) is 6.92 Å². The van der Waals surface area contributed by atoms with Crippen molar-refractivity contribution in [2.75, 3.05) is 13.7 Å². The molecule has 1 atom stereocenters. The number of benzene rings is 2. The number of hydrogen-bond acceptors (Lipinski definition) is 6. The van der Waals surface area contributed by atoms with E-state index in [9.17, 15) is 24.8 Å². The average Bonchev–Trinajstić information content (AvgIpc) is 3.18. The van der Waals surface area contributed by atoms with E-state index < -0.39 is 22.7 Å². The van der Waals surface area contributed by atoms with Crippen LogP contribution in [0.25, 0.3) is 5.76 Å². The number of hydrogen-bond donors (Lipinski definition) is 1. The lowest BCUT2D eigenvalue weighted by atomic mass is 9.95. The van der Waals surface area contributed by atoms with E-state index >= 15 is 0 Å². The Morgan fingerprint density at radius 1 is 0.895 bits per heavy atom. The number of ether oxygens (including phenoxy) is 1. The van der Waals surface area contributed by atoms with Gasteiger partial charge in [0.05, 0.1) is 23.6 Å². The van der Waals surface area contributed by atoms with Gasteiger partial charge in [-0.1, -0.05) is 64.7 Å². The molecular formula is C30H38N2O6. The number of unbranched alkanes of at least 4 members (excludes halogenated alkanes) is 9. The molecule has 0 saturated carbocycles. The second-order valence-corrected chi connectivity index (χ2v) is 9.75. The third kappa shape index (κ3) is 7.21. The topological polar surface area (TPSA) is 110 Å². The van der Waals surface area contributed by atoms with E-state index in [0.29, 0.717) is 23.4 Å². The molecule has 0 aliphatic carbocycles. The van der Waals surface area contributed by atoms with Crippen LogP contribution in [0.2, 0.25) is 0 Å². The first kappa shape index (κ1) is 28.9. The first-order valence-corrected chi connectivity index (χ1v) is 13.6. The number of nitro benzene ring substituents is 1.